The molecule has 3 aromatic carbocycles. The van der Waals surface area contributed by atoms with Crippen LogP contribution in [0.25, 0.3) is 0 Å². The van der Waals surface area contributed by atoms with Gasteiger partial charge in [-0.1, -0.05) is 71.2 Å². The minimum absolute atomic E-state index is 0.0285. The number of nitrogens with zero attached hydrogens (tertiary/aromatic N) is 2. The van der Waals surface area contributed by atoms with Crippen LogP contribution in [0.3, 0.4) is 0 Å². The molecular formula is C38H39Cl3N2O12. The highest BCUT2D eigenvalue weighted by atomic mass is 35.6. The summed E-state index contributed by atoms with van der Waals surface area (Å²) in [6, 6.07) is 7.91. The van der Waals surface area contributed by atoms with E-state index in [9.17, 15) is 19.5 Å². The summed E-state index contributed by atoms with van der Waals surface area (Å²) in [5.41, 5.74) is 3.37. The second-order valence-corrected chi connectivity index (χ2v) is 15.7. The van der Waals surface area contributed by atoms with Gasteiger partial charge < -0.3 is 43.2 Å². The number of rotatable bonds is 11. The molecule has 2 bridgehead atoms. The van der Waals surface area contributed by atoms with Crippen molar-refractivity contribution in [3.05, 3.63) is 75.8 Å². The number of hydrogen-bond acceptors (Lipinski definition) is 12. The molecule has 4 atom stereocenters. The van der Waals surface area contributed by atoms with E-state index < -0.39 is 71.7 Å². The van der Waals surface area contributed by atoms with E-state index in [1.54, 1.807) is 6.92 Å². The van der Waals surface area contributed by atoms with Gasteiger partial charge in [-0.05, 0) is 36.6 Å². The average molecular weight is 822 g/mol. The zero-order valence-electron chi connectivity index (χ0n) is 30.6. The van der Waals surface area contributed by atoms with Crippen LogP contribution in [-0.4, -0.2) is 88.4 Å². The van der Waals surface area contributed by atoms with Crippen LogP contribution in [0.15, 0.2) is 42.5 Å². The van der Waals surface area contributed by atoms with Crippen LogP contribution in [0.2, 0.25) is 0 Å². The number of ether oxygens (including phenoxy) is 7. The van der Waals surface area contributed by atoms with Crippen LogP contribution in [0.5, 0.6) is 28.7 Å². The van der Waals surface area contributed by atoms with Gasteiger partial charge in [0.15, 0.2) is 23.0 Å². The molecule has 55 heavy (non-hydrogen) atoms. The number of halogens is 3. The Hall–Kier alpha value is -4.63. The molecule has 2 amide bonds. The van der Waals surface area contributed by atoms with Gasteiger partial charge in [0.25, 0.3) is 0 Å². The molecule has 1 saturated heterocycles. The lowest BCUT2D eigenvalue weighted by molar-refractivity contribution is -0.163. The quantitative estimate of drug-likeness (QED) is 0.140. The van der Waals surface area contributed by atoms with Crippen molar-refractivity contribution in [2.75, 3.05) is 33.7 Å². The number of aliphatic hydroxyl groups is 1. The molecule has 0 spiro atoms. The molecule has 0 radical (unpaired) electrons. The first-order valence-electron chi connectivity index (χ1n) is 17.2. The standard InChI is InChI=1S/C38H39Cl3N2O12/c1-19-11-24-12-26-36(47)42(28(16-50-21(3)45)25-13-29(55-22(4)46)20(2)33-34(25)54-18-53-33)27(14-44)31(43(26)37(48)52-17-38(39,40)41)30(24)35(32(19)49-5)51-15-23-9-7-6-8-10-23/h6-11,13,26-28,31,44H,12,14-18H2,1-5H3/t26-,27-,28-,31-/m0/s1. The minimum Gasteiger partial charge on any atom is -0.493 e. The Morgan fingerprint density at radius 3 is 2.35 bits per heavy atom. The summed E-state index contributed by atoms with van der Waals surface area (Å²) in [5, 5.41) is 11.4. The third-order valence-corrected chi connectivity index (χ3v) is 9.93. The lowest BCUT2D eigenvalue weighted by Gasteiger charge is -2.55. The summed E-state index contributed by atoms with van der Waals surface area (Å²) in [4.78, 5) is 56.3. The number of alkyl halides is 3. The fourth-order valence-corrected chi connectivity index (χ4v) is 7.60. The SMILES string of the molecule is COc1c(C)cc2c(c1OCc1ccccc1)[C@@H]1[C@H](CO)N([C@@H](COC(C)=O)c3cc(OC(C)=O)c(C)c4c3OCO4)C(=O)[C@H](C2)N1C(=O)OCC(Cl)(Cl)Cl. The molecule has 6 rings (SSSR count). The Morgan fingerprint density at radius 2 is 1.71 bits per heavy atom. The maximum atomic E-state index is 15.1. The zero-order chi connectivity index (χ0) is 39.8. The van der Waals surface area contributed by atoms with E-state index in [4.69, 9.17) is 68.0 Å². The molecule has 0 aliphatic carbocycles. The molecule has 0 aromatic heterocycles. The predicted octanol–water partition coefficient (Wildman–Crippen LogP) is 5.83. The topological polar surface area (TPSA) is 160 Å². The van der Waals surface area contributed by atoms with Gasteiger partial charge in [0.2, 0.25) is 16.5 Å². The van der Waals surface area contributed by atoms with Crippen molar-refractivity contribution in [1.82, 2.24) is 9.80 Å². The number of methoxy groups -OCH3 is 1. The number of benzene rings is 3. The van der Waals surface area contributed by atoms with Crippen LogP contribution in [-0.2, 0) is 36.9 Å². The maximum absolute atomic E-state index is 15.1. The van der Waals surface area contributed by atoms with Gasteiger partial charge >= 0.3 is 18.0 Å². The fraction of sp³-hybridized carbons (Fsp3) is 0.421. The second kappa shape index (κ2) is 16.2. The Kier molecular flexibility index (Phi) is 11.8. The van der Waals surface area contributed by atoms with Crippen molar-refractivity contribution in [2.45, 2.75) is 68.7 Å². The summed E-state index contributed by atoms with van der Waals surface area (Å²) in [6.45, 7) is 4.09. The fourth-order valence-electron chi connectivity index (χ4n) is 7.44. The van der Waals surface area contributed by atoms with Gasteiger partial charge in [-0.15, -0.1) is 0 Å². The molecular weight excluding hydrogens is 783 g/mol. The molecule has 17 heteroatoms. The summed E-state index contributed by atoms with van der Waals surface area (Å²) < 4.78 is 38.7. The summed E-state index contributed by atoms with van der Waals surface area (Å²) in [6.07, 6.45) is -1.02. The highest BCUT2D eigenvalue weighted by molar-refractivity contribution is 6.67. The van der Waals surface area contributed by atoms with Crippen LogP contribution in [0.1, 0.15) is 59.3 Å². The molecule has 3 aromatic rings. The van der Waals surface area contributed by atoms with E-state index in [0.29, 0.717) is 28.0 Å². The van der Waals surface area contributed by atoms with Gasteiger partial charge in [0.1, 0.15) is 31.6 Å². The van der Waals surface area contributed by atoms with Crippen molar-refractivity contribution in [3.63, 3.8) is 0 Å². The van der Waals surface area contributed by atoms with E-state index in [2.05, 4.69) is 0 Å². The van der Waals surface area contributed by atoms with E-state index in [0.717, 1.165) is 5.56 Å². The molecule has 3 aliphatic heterocycles. The third kappa shape index (κ3) is 8.04. The summed E-state index contributed by atoms with van der Waals surface area (Å²) in [7, 11) is 1.48. The van der Waals surface area contributed by atoms with E-state index in [1.807, 2.05) is 43.3 Å². The number of carbonyl (C=O) groups is 4. The highest BCUT2D eigenvalue weighted by Gasteiger charge is 2.57. The van der Waals surface area contributed by atoms with Gasteiger partial charge in [-0.3, -0.25) is 19.3 Å². The van der Waals surface area contributed by atoms with E-state index >= 15 is 4.79 Å². The molecule has 1 N–H and O–H groups in total. The molecule has 0 saturated carbocycles. The van der Waals surface area contributed by atoms with E-state index in [1.165, 1.54) is 36.8 Å². The zero-order valence-corrected chi connectivity index (χ0v) is 32.8. The summed E-state index contributed by atoms with van der Waals surface area (Å²) in [5.74, 6) is -0.675. The molecule has 14 nitrogen and oxygen atoms in total. The minimum atomic E-state index is -1.97. The first kappa shape index (κ1) is 40.0. The van der Waals surface area contributed by atoms with Crippen molar-refractivity contribution < 1.29 is 57.4 Å². The molecule has 294 valence electrons. The largest absolute Gasteiger partial charge is 0.493 e. The summed E-state index contributed by atoms with van der Waals surface area (Å²) >= 11 is 17.9. The van der Waals surface area contributed by atoms with Gasteiger partial charge in [0.05, 0.1) is 31.8 Å². The molecule has 1 fully saturated rings. The van der Waals surface area contributed by atoms with Gasteiger partial charge in [-0.2, -0.15) is 0 Å². The molecule has 0 unspecified atom stereocenters. The number of amides is 2. The monoisotopic (exact) mass is 820 g/mol. The Labute approximate surface area is 331 Å². The maximum Gasteiger partial charge on any atom is 0.411 e. The van der Waals surface area contributed by atoms with Crippen molar-refractivity contribution in [2.24, 2.45) is 0 Å². The first-order chi connectivity index (χ1) is 26.1. The van der Waals surface area contributed by atoms with Gasteiger partial charge in [0, 0.05) is 37.0 Å². The number of hydrogen-bond donors (Lipinski definition) is 1. The van der Waals surface area contributed by atoms with Crippen LogP contribution in [0.4, 0.5) is 4.79 Å². The predicted molar refractivity (Wildman–Crippen MR) is 198 cm³/mol. The molecule has 3 aliphatic rings. The van der Waals surface area contributed by atoms with Crippen molar-refractivity contribution >= 4 is 58.7 Å². The number of esters is 2. The van der Waals surface area contributed by atoms with Crippen LogP contribution in [0, 0.1) is 13.8 Å². The smallest absolute Gasteiger partial charge is 0.411 e. The van der Waals surface area contributed by atoms with Crippen molar-refractivity contribution in [3.8, 4) is 28.7 Å². The molecule has 3 heterocycles. The number of carbonyl (C=O) groups excluding carboxylic acids is 4. The Balaban J connectivity index is 1.57. The number of fused-ring (bicyclic) bond motifs is 5. The number of piperazine rings is 1. The normalized spacial score (nSPS) is 19.0. The third-order valence-electron chi connectivity index (χ3n) is 9.60. The van der Waals surface area contributed by atoms with Crippen LogP contribution < -0.4 is 23.7 Å². The van der Waals surface area contributed by atoms with Crippen molar-refractivity contribution in [1.29, 1.82) is 0 Å². The lowest BCUT2D eigenvalue weighted by Crippen LogP contribution is -2.68. The number of aryl methyl sites for hydroxylation is 1. The lowest BCUT2D eigenvalue weighted by atomic mass is 9.78. The Bertz CT molecular complexity index is 1990. The number of aliphatic hydroxyl groups excluding tert-OH is 1. The van der Waals surface area contributed by atoms with E-state index in [-0.39, 0.29) is 48.4 Å². The first-order valence-corrected chi connectivity index (χ1v) is 18.3. The Morgan fingerprint density at radius 1 is 1.00 bits per heavy atom. The second-order valence-electron chi connectivity index (χ2n) is 13.2. The van der Waals surface area contributed by atoms with Crippen LogP contribution >= 0.6 is 34.8 Å². The van der Waals surface area contributed by atoms with Gasteiger partial charge in [-0.25, -0.2) is 4.79 Å². The average Bonchev–Trinajstić information content (AvgIpc) is 3.63. The highest BCUT2D eigenvalue weighted by Crippen LogP contribution is 2.54.